The number of amides is 1. The third kappa shape index (κ3) is 4.28. The number of nitrogens with zero attached hydrogens (tertiary/aromatic N) is 1. The number of anilines is 1. The van der Waals surface area contributed by atoms with E-state index in [1.807, 2.05) is 43.3 Å². The number of methoxy groups -OCH3 is 3. The quantitative estimate of drug-likeness (QED) is 0.265. The Kier molecular flexibility index (Phi) is 6.85. The topological polar surface area (TPSA) is 85.3 Å². The first kappa shape index (κ1) is 25.4. The molecule has 7 nitrogen and oxygen atoms in total. The summed E-state index contributed by atoms with van der Waals surface area (Å²) in [5.41, 5.74) is 4.98. The molecule has 3 aromatic rings. The smallest absolute Gasteiger partial charge is 0.300 e. The predicted molar refractivity (Wildman–Crippen MR) is 145 cm³/mol. The number of benzene rings is 3. The van der Waals surface area contributed by atoms with Crippen molar-refractivity contribution in [2.45, 2.75) is 38.6 Å². The number of ether oxygens (including phenoxy) is 3. The summed E-state index contributed by atoms with van der Waals surface area (Å²) in [6.07, 6.45) is 4.14. The van der Waals surface area contributed by atoms with Gasteiger partial charge in [0.15, 0.2) is 11.5 Å². The van der Waals surface area contributed by atoms with Gasteiger partial charge in [0, 0.05) is 11.3 Å². The van der Waals surface area contributed by atoms with E-state index in [1.165, 1.54) is 31.8 Å². The largest absolute Gasteiger partial charge is 0.507 e. The van der Waals surface area contributed by atoms with E-state index in [4.69, 9.17) is 14.2 Å². The zero-order chi connectivity index (χ0) is 27.0. The molecule has 196 valence electrons. The molecule has 1 fully saturated rings. The van der Waals surface area contributed by atoms with Gasteiger partial charge < -0.3 is 19.3 Å². The second kappa shape index (κ2) is 10.2. The molecule has 1 atom stereocenters. The Morgan fingerprint density at radius 3 is 2.18 bits per heavy atom. The molecule has 1 unspecified atom stereocenters. The number of hydrogen-bond donors (Lipinski definition) is 1. The maximum atomic E-state index is 13.6. The normalized spacial score (nSPS) is 18.3. The lowest BCUT2D eigenvalue weighted by Gasteiger charge is -2.27. The molecule has 38 heavy (non-hydrogen) atoms. The lowest BCUT2D eigenvalue weighted by atomic mass is 9.88. The number of hydrogen-bond acceptors (Lipinski definition) is 6. The van der Waals surface area contributed by atoms with Crippen molar-refractivity contribution in [2.75, 3.05) is 26.2 Å². The molecular weight excluding hydrogens is 482 g/mol. The summed E-state index contributed by atoms with van der Waals surface area (Å²) in [6.45, 7) is 1.92. The van der Waals surface area contributed by atoms with Crippen LogP contribution in [-0.2, 0) is 22.4 Å². The minimum Gasteiger partial charge on any atom is -0.507 e. The third-order valence-corrected chi connectivity index (χ3v) is 7.35. The molecule has 1 saturated heterocycles. The number of aliphatic hydroxyl groups excluding tert-OH is 1. The van der Waals surface area contributed by atoms with E-state index in [2.05, 4.69) is 0 Å². The van der Waals surface area contributed by atoms with E-state index in [0.29, 0.717) is 34.1 Å². The van der Waals surface area contributed by atoms with E-state index in [0.717, 1.165) is 36.8 Å². The fourth-order valence-corrected chi connectivity index (χ4v) is 5.49. The van der Waals surface area contributed by atoms with Gasteiger partial charge in [0.25, 0.3) is 11.7 Å². The Bertz CT molecular complexity index is 1430. The summed E-state index contributed by atoms with van der Waals surface area (Å²) in [6, 6.07) is 15.7. The zero-order valence-electron chi connectivity index (χ0n) is 22.0. The van der Waals surface area contributed by atoms with Crippen LogP contribution >= 0.6 is 0 Å². The highest BCUT2D eigenvalue weighted by atomic mass is 16.5. The molecule has 3 aromatic carbocycles. The first-order valence-electron chi connectivity index (χ1n) is 12.7. The number of fused-ring (bicyclic) bond motifs is 1. The van der Waals surface area contributed by atoms with Crippen LogP contribution in [0.3, 0.4) is 0 Å². The second-order valence-corrected chi connectivity index (χ2v) is 9.66. The van der Waals surface area contributed by atoms with Crippen LogP contribution in [0.4, 0.5) is 5.69 Å². The number of aliphatic hydroxyl groups is 1. The van der Waals surface area contributed by atoms with Crippen LogP contribution in [0.1, 0.15) is 46.7 Å². The maximum absolute atomic E-state index is 13.6. The number of carbonyl (C=O) groups excluding carboxylic acids is 2. The summed E-state index contributed by atoms with van der Waals surface area (Å²) in [5, 5.41) is 11.6. The number of aryl methyl sites for hydroxylation is 3. The molecule has 0 spiro atoms. The van der Waals surface area contributed by atoms with Crippen LogP contribution in [0.25, 0.3) is 5.76 Å². The van der Waals surface area contributed by atoms with Gasteiger partial charge in [-0.2, -0.15) is 0 Å². The standard InChI is InChI=1S/C31H31NO6/c1-18-8-7-11-23(14-18)32-27(22-16-24(36-2)30(38-4)25(17-22)37-3)26(29(34)31(32)35)28(33)21-13-12-19-9-5-6-10-20(19)15-21/h7-8,11-17,27,33H,5-6,9-10H2,1-4H3/b28-26+. The molecule has 5 rings (SSSR count). The van der Waals surface area contributed by atoms with Crippen LogP contribution in [0, 0.1) is 6.92 Å². The molecule has 0 aromatic heterocycles. The van der Waals surface area contributed by atoms with Crippen molar-refractivity contribution in [2.24, 2.45) is 0 Å². The number of rotatable bonds is 6. The zero-order valence-corrected chi connectivity index (χ0v) is 22.0. The minimum atomic E-state index is -0.915. The fraction of sp³-hybridized carbons (Fsp3) is 0.290. The summed E-state index contributed by atoms with van der Waals surface area (Å²) < 4.78 is 16.6. The molecule has 1 amide bonds. The Hall–Kier alpha value is -4.26. The van der Waals surface area contributed by atoms with Gasteiger partial charge in [-0.05, 0) is 85.2 Å². The van der Waals surface area contributed by atoms with Crippen molar-refractivity contribution in [3.8, 4) is 17.2 Å². The average molecular weight is 514 g/mol. The van der Waals surface area contributed by atoms with Crippen LogP contribution in [0.2, 0.25) is 0 Å². The highest BCUT2D eigenvalue weighted by molar-refractivity contribution is 6.51. The first-order valence-corrected chi connectivity index (χ1v) is 12.7. The Morgan fingerprint density at radius 2 is 1.55 bits per heavy atom. The SMILES string of the molecule is COc1cc(C2/C(=C(\O)c3ccc4c(c3)CCCC4)C(=O)C(=O)N2c2cccc(C)c2)cc(OC)c1OC. The molecule has 1 aliphatic carbocycles. The van der Waals surface area contributed by atoms with Crippen LogP contribution in [-0.4, -0.2) is 38.1 Å². The molecular formula is C31H31NO6. The average Bonchev–Trinajstić information content (AvgIpc) is 3.21. The molecule has 0 radical (unpaired) electrons. The van der Waals surface area contributed by atoms with Gasteiger partial charge in [-0.15, -0.1) is 0 Å². The Labute approximate surface area is 222 Å². The van der Waals surface area contributed by atoms with Gasteiger partial charge in [-0.3, -0.25) is 14.5 Å². The van der Waals surface area contributed by atoms with E-state index in [9.17, 15) is 14.7 Å². The van der Waals surface area contributed by atoms with Gasteiger partial charge in [-0.25, -0.2) is 0 Å². The van der Waals surface area contributed by atoms with Crippen LogP contribution in [0.5, 0.6) is 17.2 Å². The summed E-state index contributed by atoms with van der Waals surface area (Å²) in [5.74, 6) is -0.517. The Balaban J connectivity index is 1.75. The summed E-state index contributed by atoms with van der Waals surface area (Å²) >= 11 is 0. The van der Waals surface area contributed by atoms with E-state index in [1.54, 1.807) is 18.2 Å². The van der Waals surface area contributed by atoms with E-state index < -0.39 is 17.7 Å². The molecule has 1 N–H and O–H groups in total. The van der Waals surface area contributed by atoms with Gasteiger partial charge in [0.05, 0.1) is 32.9 Å². The highest BCUT2D eigenvalue weighted by Gasteiger charge is 2.47. The van der Waals surface area contributed by atoms with Crippen molar-refractivity contribution in [3.05, 3.63) is 88.0 Å². The van der Waals surface area contributed by atoms with Crippen molar-refractivity contribution in [1.29, 1.82) is 0 Å². The van der Waals surface area contributed by atoms with Gasteiger partial charge in [0.2, 0.25) is 5.75 Å². The first-order chi connectivity index (χ1) is 18.4. The van der Waals surface area contributed by atoms with Crippen molar-refractivity contribution < 1.29 is 28.9 Å². The molecule has 1 aliphatic heterocycles. The maximum Gasteiger partial charge on any atom is 0.300 e. The summed E-state index contributed by atoms with van der Waals surface area (Å²) in [4.78, 5) is 28.6. The molecule has 7 heteroatoms. The van der Waals surface area contributed by atoms with Crippen LogP contribution in [0.15, 0.2) is 60.2 Å². The summed E-state index contributed by atoms with van der Waals surface area (Å²) in [7, 11) is 4.52. The van der Waals surface area contributed by atoms with Crippen LogP contribution < -0.4 is 19.1 Å². The lowest BCUT2D eigenvalue weighted by Crippen LogP contribution is -2.29. The lowest BCUT2D eigenvalue weighted by molar-refractivity contribution is -0.132. The molecule has 0 bridgehead atoms. The van der Waals surface area contributed by atoms with Gasteiger partial charge in [0.1, 0.15) is 5.76 Å². The van der Waals surface area contributed by atoms with Crippen molar-refractivity contribution in [3.63, 3.8) is 0 Å². The number of carbonyl (C=O) groups is 2. The minimum absolute atomic E-state index is 0.0153. The van der Waals surface area contributed by atoms with Crippen molar-refractivity contribution >= 4 is 23.1 Å². The molecule has 1 heterocycles. The number of ketones is 1. The monoisotopic (exact) mass is 513 g/mol. The van der Waals surface area contributed by atoms with E-state index >= 15 is 0 Å². The Morgan fingerprint density at radius 1 is 0.868 bits per heavy atom. The second-order valence-electron chi connectivity index (χ2n) is 9.66. The van der Waals surface area contributed by atoms with Crippen molar-refractivity contribution in [1.82, 2.24) is 0 Å². The number of Topliss-reactive ketones (excluding diaryl/α,β-unsaturated/α-hetero) is 1. The molecule has 0 saturated carbocycles. The third-order valence-electron chi connectivity index (χ3n) is 7.35. The molecule has 2 aliphatic rings. The van der Waals surface area contributed by atoms with Gasteiger partial charge in [-0.1, -0.05) is 24.3 Å². The van der Waals surface area contributed by atoms with Gasteiger partial charge >= 0.3 is 0 Å². The highest BCUT2D eigenvalue weighted by Crippen LogP contribution is 2.47. The predicted octanol–water partition coefficient (Wildman–Crippen LogP) is 5.53. The van der Waals surface area contributed by atoms with E-state index in [-0.39, 0.29) is 11.3 Å². The fourth-order valence-electron chi connectivity index (χ4n) is 5.49.